The van der Waals surface area contributed by atoms with E-state index in [0.717, 1.165) is 28.4 Å². The Morgan fingerprint density at radius 1 is 1.14 bits per heavy atom. The quantitative estimate of drug-likeness (QED) is 0.573. The van der Waals surface area contributed by atoms with Crippen molar-refractivity contribution < 1.29 is 13.2 Å². The first kappa shape index (κ1) is 15.8. The largest absolute Gasteiger partial charge is 0.275 e. The Morgan fingerprint density at radius 3 is 2.86 bits per heavy atom. The van der Waals surface area contributed by atoms with E-state index < -0.39 is 23.7 Å². The summed E-state index contributed by atoms with van der Waals surface area (Å²) in [5, 5.41) is 12.2. The molecule has 5 heterocycles. The number of aromatic nitrogens is 6. The van der Waals surface area contributed by atoms with Crippen molar-refractivity contribution in [1.29, 1.82) is 0 Å². The molecule has 1 saturated carbocycles. The summed E-state index contributed by atoms with van der Waals surface area (Å²) in [6, 6.07) is 3.70. The van der Waals surface area contributed by atoms with Gasteiger partial charge >= 0.3 is 0 Å². The van der Waals surface area contributed by atoms with Crippen molar-refractivity contribution in [1.82, 2.24) is 29.9 Å². The molecule has 1 N–H and O–H groups in total. The standard InChI is InChI=1S/C19H13F3N6/c20-9-1-3-13(24-7-9)16-15(10-5-6-23-18-11(10)8-25-26-18)14-4-2-12-17(19(12,21)22)28(14)27-16/h1,3,5-8,12,17H,2,4H2,(H,23,25,26). The van der Waals surface area contributed by atoms with Gasteiger partial charge in [-0.1, -0.05) is 0 Å². The smallest absolute Gasteiger partial charge is 0.261 e. The number of aromatic amines is 1. The van der Waals surface area contributed by atoms with Crippen molar-refractivity contribution in [3.63, 3.8) is 0 Å². The second-order valence-corrected chi connectivity index (χ2v) is 7.23. The van der Waals surface area contributed by atoms with E-state index in [0.29, 0.717) is 29.9 Å². The average Bonchev–Trinajstić information content (AvgIpc) is 3.08. The lowest BCUT2D eigenvalue weighted by atomic mass is 9.96. The number of pyridine rings is 2. The van der Waals surface area contributed by atoms with Crippen molar-refractivity contribution in [2.75, 3.05) is 0 Å². The molecule has 28 heavy (non-hydrogen) atoms. The van der Waals surface area contributed by atoms with Crippen LogP contribution in [0.1, 0.15) is 18.2 Å². The predicted molar refractivity (Wildman–Crippen MR) is 94.1 cm³/mol. The fraction of sp³-hybridized carbons (Fsp3) is 0.263. The van der Waals surface area contributed by atoms with Crippen molar-refractivity contribution >= 4 is 11.0 Å². The van der Waals surface area contributed by atoms with Crippen LogP contribution in [0.5, 0.6) is 0 Å². The van der Waals surface area contributed by atoms with Crippen molar-refractivity contribution in [2.24, 2.45) is 5.92 Å². The minimum absolute atomic E-state index is 0.409. The number of halogens is 3. The van der Waals surface area contributed by atoms with Crippen LogP contribution < -0.4 is 0 Å². The van der Waals surface area contributed by atoms with Gasteiger partial charge in [-0.3, -0.25) is 14.8 Å². The summed E-state index contributed by atoms with van der Waals surface area (Å²) in [4.78, 5) is 8.40. The van der Waals surface area contributed by atoms with Gasteiger partial charge in [-0.05, 0) is 36.6 Å². The molecule has 6 nitrogen and oxygen atoms in total. The summed E-state index contributed by atoms with van der Waals surface area (Å²) in [6.45, 7) is 0. The van der Waals surface area contributed by atoms with Crippen LogP contribution in [-0.2, 0) is 6.42 Å². The number of hydrogen-bond donors (Lipinski definition) is 1. The Balaban J connectivity index is 1.65. The first-order chi connectivity index (χ1) is 13.6. The number of rotatable bonds is 2. The molecule has 2 unspecified atom stereocenters. The SMILES string of the molecule is Fc1ccc(-c2nn3c(c2-c2ccnc4[nH]ncc24)CCC2C3C2(F)F)nc1. The Labute approximate surface area is 156 Å². The molecule has 140 valence electrons. The molecule has 0 amide bonds. The first-order valence-electron chi connectivity index (χ1n) is 8.95. The van der Waals surface area contributed by atoms with Gasteiger partial charge in [-0.15, -0.1) is 0 Å². The Morgan fingerprint density at radius 2 is 2.04 bits per heavy atom. The molecule has 1 fully saturated rings. The van der Waals surface area contributed by atoms with E-state index in [2.05, 4.69) is 25.3 Å². The summed E-state index contributed by atoms with van der Waals surface area (Å²) >= 11 is 0. The third-order valence-electron chi connectivity index (χ3n) is 5.72. The molecule has 0 saturated heterocycles. The molecular weight excluding hydrogens is 369 g/mol. The van der Waals surface area contributed by atoms with Gasteiger partial charge in [-0.2, -0.15) is 10.2 Å². The highest BCUT2D eigenvalue weighted by atomic mass is 19.3. The zero-order chi connectivity index (χ0) is 19.0. The normalized spacial score (nSPS) is 22.1. The second-order valence-electron chi connectivity index (χ2n) is 7.23. The molecule has 4 aromatic rings. The first-order valence-corrected chi connectivity index (χ1v) is 8.95. The zero-order valence-electron chi connectivity index (χ0n) is 14.4. The molecule has 9 heteroatoms. The van der Waals surface area contributed by atoms with Gasteiger partial charge in [0.2, 0.25) is 0 Å². The van der Waals surface area contributed by atoms with Gasteiger partial charge in [0.15, 0.2) is 5.65 Å². The molecule has 0 aromatic carbocycles. The van der Waals surface area contributed by atoms with Gasteiger partial charge in [0, 0.05) is 22.8 Å². The lowest BCUT2D eigenvalue weighted by Crippen LogP contribution is -2.11. The molecule has 1 aliphatic heterocycles. The van der Waals surface area contributed by atoms with Crippen molar-refractivity contribution in [2.45, 2.75) is 24.8 Å². The van der Waals surface area contributed by atoms with Crippen LogP contribution in [0.25, 0.3) is 33.5 Å². The summed E-state index contributed by atoms with van der Waals surface area (Å²) in [7, 11) is 0. The van der Waals surface area contributed by atoms with Crippen LogP contribution in [0.15, 0.2) is 36.8 Å². The molecular formula is C19H13F3N6. The molecule has 6 rings (SSSR count). The van der Waals surface area contributed by atoms with E-state index >= 15 is 0 Å². The maximum Gasteiger partial charge on any atom is 0.275 e. The monoisotopic (exact) mass is 382 g/mol. The lowest BCUT2D eigenvalue weighted by molar-refractivity contribution is 0.0850. The molecule has 1 aliphatic carbocycles. The maximum atomic E-state index is 14.2. The number of H-pyrrole nitrogens is 1. The zero-order valence-corrected chi connectivity index (χ0v) is 14.4. The van der Waals surface area contributed by atoms with E-state index in [1.54, 1.807) is 12.4 Å². The molecule has 2 atom stereocenters. The maximum absolute atomic E-state index is 14.2. The fourth-order valence-electron chi connectivity index (χ4n) is 4.33. The predicted octanol–water partition coefficient (Wildman–Crippen LogP) is 3.77. The van der Waals surface area contributed by atoms with Crippen LogP contribution >= 0.6 is 0 Å². The minimum atomic E-state index is -2.74. The lowest BCUT2D eigenvalue weighted by Gasteiger charge is -2.13. The summed E-state index contributed by atoms with van der Waals surface area (Å²) in [5.74, 6) is -3.89. The third-order valence-corrected chi connectivity index (χ3v) is 5.72. The number of nitrogens with zero attached hydrogens (tertiary/aromatic N) is 5. The van der Waals surface area contributed by atoms with Crippen LogP contribution in [0.3, 0.4) is 0 Å². The fourth-order valence-corrected chi connectivity index (χ4v) is 4.33. The Hall–Kier alpha value is -3.23. The van der Waals surface area contributed by atoms with Crippen LogP contribution in [0.4, 0.5) is 13.2 Å². The van der Waals surface area contributed by atoms with E-state index in [9.17, 15) is 13.2 Å². The number of fused-ring (bicyclic) bond motifs is 4. The van der Waals surface area contributed by atoms with Gasteiger partial charge < -0.3 is 0 Å². The highest BCUT2D eigenvalue weighted by Crippen LogP contribution is 2.63. The van der Waals surface area contributed by atoms with E-state index in [1.165, 1.54) is 16.8 Å². The highest BCUT2D eigenvalue weighted by molar-refractivity contribution is 5.97. The van der Waals surface area contributed by atoms with E-state index in [1.807, 2.05) is 6.07 Å². The highest BCUT2D eigenvalue weighted by Gasteiger charge is 2.71. The topological polar surface area (TPSA) is 72.3 Å². The molecule has 0 bridgehead atoms. The minimum Gasteiger partial charge on any atom is -0.261 e. The van der Waals surface area contributed by atoms with Gasteiger partial charge in [0.1, 0.15) is 17.6 Å². The Bertz CT molecular complexity index is 1230. The van der Waals surface area contributed by atoms with Crippen molar-refractivity contribution in [3.8, 4) is 22.5 Å². The molecule has 4 aromatic heterocycles. The van der Waals surface area contributed by atoms with Crippen molar-refractivity contribution in [3.05, 3.63) is 48.3 Å². The van der Waals surface area contributed by atoms with Crippen LogP contribution in [-0.4, -0.2) is 35.9 Å². The summed E-state index contributed by atoms with van der Waals surface area (Å²) < 4.78 is 43.3. The third kappa shape index (κ3) is 1.98. The van der Waals surface area contributed by atoms with E-state index in [4.69, 9.17) is 0 Å². The molecule has 0 radical (unpaired) electrons. The number of alkyl halides is 2. The van der Waals surface area contributed by atoms with Gasteiger partial charge in [-0.25, -0.2) is 18.2 Å². The van der Waals surface area contributed by atoms with Crippen LogP contribution in [0, 0.1) is 11.7 Å². The number of hydrogen-bond acceptors (Lipinski definition) is 4. The summed E-state index contributed by atoms with van der Waals surface area (Å²) in [6.07, 6.45) is 5.29. The summed E-state index contributed by atoms with van der Waals surface area (Å²) in [5.41, 5.74) is 3.77. The second kappa shape index (κ2) is 5.18. The number of nitrogens with one attached hydrogen (secondary N) is 1. The van der Waals surface area contributed by atoms with Gasteiger partial charge in [0.25, 0.3) is 5.92 Å². The average molecular weight is 382 g/mol. The molecule has 0 spiro atoms. The van der Waals surface area contributed by atoms with Crippen LogP contribution in [0.2, 0.25) is 0 Å². The Kier molecular flexibility index (Phi) is 2.92. The van der Waals surface area contributed by atoms with E-state index in [-0.39, 0.29) is 0 Å². The van der Waals surface area contributed by atoms with Gasteiger partial charge in [0.05, 0.1) is 24.0 Å². The molecule has 2 aliphatic rings.